The summed E-state index contributed by atoms with van der Waals surface area (Å²) in [6.07, 6.45) is 2.96. The highest BCUT2D eigenvalue weighted by Gasteiger charge is 2.21. The number of halogens is 1. The molecule has 0 unspecified atom stereocenters. The van der Waals surface area contributed by atoms with Crippen molar-refractivity contribution in [2.45, 2.75) is 24.2 Å². The summed E-state index contributed by atoms with van der Waals surface area (Å²) in [6, 6.07) is 3.81. The third kappa shape index (κ3) is 3.47. The van der Waals surface area contributed by atoms with Gasteiger partial charge >= 0.3 is 0 Å². The van der Waals surface area contributed by atoms with Crippen LogP contribution in [0, 0.1) is 11.7 Å². The average Bonchev–Trinajstić information content (AvgIpc) is 2.39. The van der Waals surface area contributed by atoms with Crippen LogP contribution < -0.4 is 15.8 Å². The van der Waals surface area contributed by atoms with E-state index in [-0.39, 0.29) is 4.90 Å². The van der Waals surface area contributed by atoms with E-state index in [1.54, 1.807) is 0 Å². The first-order valence-electron chi connectivity index (χ1n) is 6.69. The molecule has 0 atom stereocenters. The van der Waals surface area contributed by atoms with E-state index in [9.17, 15) is 12.8 Å². The topological polar surface area (TPSA) is 89.4 Å². The molecule has 0 aliphatic carbocycles. The van der Waals surface area contributed by atoms with Crippen LogP contribution in [0.2, 0.25) is 0 Å². The zero-order valence-corrected chi connectivity index (χ0v) is 12.1. The molecule has 1 saturated heterocycles. The van der Waals surface area contributed by atoms with Crippen LogP contribution in [0.25, 0.3) is 0 Å². The molecule has 1 aliphatic rings. The summed E-state index contributed by atoms with van der Waals surface area (Å²) >= 11 is 0. The van der Waals surface area contributed by atoms with Crippen LogP contribution in [-0.2, 0) is 10.0 Å². The summed E-state index contributed by atoms with van der Waals surface area (Å²) in [7, 11) is -3.86. The molecule has 4 N–H and O–H groups in total. The second-order valence-electron chi connectivity index (χ2n) is 5.17. The third-order valence-corrected chi connectivity index (χ3v) is 4.69. The molecule has 1 aromatic carbocycles. The predicted molar refractivity (Wildman–Crippen MR) is 76.4 cm³/mol. The standard InChI is InChI=1S/C13H20FN3O2S/c14-12-9-11(20(16,18)19)1-2-13(12)17-7-4-10(3-6-15)5-8-17/h1-2,9-10H,3-8,15H2,(H2,16,18,19). The number of nitrogens with zero attached hydrogens (tertiary/aromatic N) is 1. The van der Waals surface area contributed by atoms with Gasteiger partial charge in [0, 0.05) is 13.1 Å². The molecule has 0 bridgehead atoms. The minimum atomic E-state index is -3.86. The summed E-state index contributed by atoms with van der Waals surface area (Å²) in [4.78, 5) is 1.74. The van der Waals surface area contributed by atoms with Crippen LogP contribution in [0.15, 0.2) is 23.1 Å². The molecular formula is C13H20FN3O2S. The van der Waals surface area contributed by atoms with E-state index in [0.717, 1.165) is 38.4 Å². The first-order valence-corrected chi connectivity index (χ1v) is 8.24. The number of primary sulfonamides is 1. The molecule has 0 spiro atoms. The van der Waals surface area contributed by atoms with Gasteiger partial charge in [0.1, 0.15) is 5.82 Å². The van der Waals surface area contributed by atoms with E-state index in [2.05, 4.69) is 0 Å². The molecule has 20 heavy (non-hydrogen) atoms. The first kappa shape index (κ1) is 15.2. The number of rotatable bonds is 4. The highest BCUT2D eigenvalue weighted by Crippen LogP contribution is 2.28. The molecule has 1 heterocycles. The van der Waals surface area contributed by atoms with E-state index in [1.165, 1.54) is 12.1 Å². The number of hydrogen-bond donors (Lipinski definition) is 2. The van der Waals surface area contributed by atoms with Gasteiger partial charge in [0.25, 0.3) is 0 Å². The van der Waals surface area contributed by atoms with Gasteiger partial charge in [-0.15, -0.1) is 0 Å². The van der Waals surface area contributed by atoms with E-state index in [1.807, 2.05) is 4.90 Å². The fourth-order valence-corrected chi connectivity index (χ4v) is 3.14. The van der Waals surface area contributed by atoms with Gasteiger partial charge < -0.3 is 10.6 Å². The van der Waals surface area contributed by atoms with Gasteiger partial charge in [-0.3, -0.25) is 0 Å². The van der Waals surface area contributed by atoms with Gasteiger partial charge in [-0.05, 0) is 49.9 Å². The van der Waals surface area contributed by atoms with E-state index in [0.29, 0.717) is 18.2 Å². The van der Waals surface area contributed by atoms with Crippen LogP contribution in [0.4, 0.5) is 10.1 Å². The minimum Gasteiger partial charge on any atom is -0.369 e. The van der Waals surface area contributed by atoms with Crippen LogP contribution >= 0.6 is 0 Å². The van der Waals surface area contributed by atoms with Gasteiger partial charge in [0.15, 0.2) is 0 Å². The normalized spacial score (nSPS) is 17.4. The molecule has 7 heteroatoms. The molecular weight excluding hydrogens is 281 g/mol. The molecule has 1 aliphatic heterocycles. The summed E-state index contributed by atoms with van der Waals surface area (Å²) in [6.45, 7) is 2.20. The Morgan fingerprint density at radius 3 is 2.45 bits per heavy atom. The van der Waals surface area contributed by atoms with Crippen LogP contribution in [0.1, 0.15) is 19.3 Å². The van der Waals surface area contributed by atoms with Crippen molar-refractivity contribution < 1.29 is 12.8 Å². The Morgan fingerprint density at radius 2 is 1.95 bits per heavy atom. The summed E-state index contributed by atoms with van der Waals surface area (Å²) < 4.78 is 36.4. The van der Waals surface area contributed by atoms with Crippen molar-refractivity contribution in [3.05, 3.63) is 24.0 Å². The fourth-order valence-electron chi connectivity index (χ4n) is 2.62. The molecule has 0 radical (unpaired) electrons. The van der Waals surface area contributed by atoms with Crippen molar-refractivity contribution in [2.24, 2.45) is 16.8 Å². The van der Waals surface area contributed by atoms with Crippen molar-refractivity contribution in [1.82, 2.24) is 0 Å². The lowest BCUT2D eigenvalue weighted by atomic mass is 9.93. The number of hydrogen-bond acceptors (Lipinski definition) is 4. The van der Waals surface area contributed by atoms with Crippen LogP contribution in [0.5, 0.6) is 0 Å². The molecule has 1 aromatic rings. The van der Waals surface area contributed by atoms with Crippen molar-refractivity contribution in [1.29, 1.82) is 0 Å². The van der Waals surface area contributed by atoms with Crippen molar-refractivity contribution in [3.8, 4) is 0 Å². The second-order valence-corrected chi connectivity index (χ2v) is 6.73. The minimum absolute atomic E-state index is 0.197. The van der Waals surface area contributed by atoms with Crippen molar-refractivity contribution >= 4 is 15.7 Å². The van der Waals surface area contributed by atoms with Gasteiger partial charge in [-0.2, -0.15) is 0 Å². The van der Waals surface area contributed by atoms with Gasteiger partial charge in [-0.1, -0.05) is 0 Å². The zero-order chi connectivity index (χ0) is 14.8. The highest BCUT2D eigenvalue weighted by atomic mass is 32.2. The van der Waals surface area contributed by atoms with Crippen LogP contribution in [-0.4, -0.2) is 28.1 Å². The number of nitrogens with two attached hydrogens (primary N) is 2. The Kier molecular flexibility index (Phi) is 4.62. The monoisotopic (exact) mass is 301 g/mol. The Hall–Kier alpha value is -1.18. The molecule has 0 saturated carbocycles. The molecule has 2 rings (SSSR count). The number of anilines is 1. The summed E-state index contributed by atoms with van der Waals surface area (Å²) in [5, 5.41) is 4.99. The lowest BCUT2D eigenvalue weighted by Crippen LogP contribution is -2.34. The van der Waals surface area contributed by atoms with E-state index in [4.69, 9.17) is 10.9 Å². The predicted octanol–water partition coefficient (Wildman–Crippen LogP) is 1.04. The lowest BCUT2D eigenvalue weighted by molar-refractivity contribution is 0.384. The Bertz CT molecular complexity index is 569. The Morgan fingerprint density at radius 1 is 1.30 bits per heavy atom. The van der Waals surface area contributed by atoms with Gasteiger partial charge in [0.05, 0.1) is 10.6 Å². The summed E-state index contributed by atoms with van der Waals surface area (Å²) in [5.74, 6) is 0.0526. The van der Waals surface area contributed by atoms with Gasteiger partial charge in [0.2, 0.25) is 10.0 Å². The maximum atomic E-state index is 14.0. The van der Waals surface area contributed by atoms with E-state index < -0.39 is 15.8 Å². The number of sulfonamides is 1. The lowest BCUT2D eigenvalue weighted by Gasteiger charge is -2.33. The van der Waals surface area contributed by atoms with Gasteiger partial charge in [-0.25, -0.2) is 17.9 Å². The maximum Gasteiger partial charge on any atom is 0.238 e. The second kappa shape index (κ2) is 6.07. The first-order chi connectivity index (χ1) is 9.41. The third-order valence-electron chi connectivity index (χ3n) is 3.78. The van der Waals surface area contributed by atoms with Crippen molar-refractivity contribution in [2.75, 3.05) is 24.5 Å². The largest absolute Gasteiger partial charge is 0.369 e. The van der Waals surface area contributed by atoms with Crippen LogP contribution in [0.3, 0.4) is 0 Å². The van der Waals surface area contributed by atoms with Crippen molar-refractivity contribution in [3.63, 3.8) is 0 Å². The summed E-state index contributed by atoms with van der Waals surface area (Å²) in [5.41, 5.74) is 5.98. The fraction of sp³-hybridized carbons (Fsp3) is 0.538. The number of piperidine rings is 1. The number of benzene rings is 1. The Balaban J connectivity index is 2.11. The molecule has 1 fully saturated rings. The molecule has 112 valence electrons. The zero-order valence-electron chi connectivity index (χ0n) is 11.3. The quantitative estimate of drug-likeness (QED) is 0.869. The molecule has 5 nitrogen and oxygen atoms in total. The smallest absolute Gasteiger partial charge is 0.238 e. The van der Waals surface area contributed by atoms with E-state index >= 15 is 0 Å². The average molecular weight is 301 g/mol. The highest BCUT2D eigenvalue weighted by molar-refractivity contribution is 7.89. The molecule has 0 amide bonds. The molecule has 0 aromatic heterocycles. The Labute approximate surface area is 118 Å². The maximum absolute atomic E-state index is 14.0. The SMILES string of the molecule is NCCC1CCN(c2ccc(S(N)(=O)=O)cc2F)CC1.